The van der Waals surface area contributed by atoms with Gasteiger partial charge in [0.05, 0.1) is 0 Å². The number of carbonyl (C=O) groups is 1. The number of ether oxygens (including phenoxy) is 1. The van der Waals surface area contributed by atoms with Crippen LogP contribution in [0, 0.1) is 0 Å². The fourth-order valence-corrected chi connectivity index (χ4v) is 1.39. The van der Waals surface area contributed by atoms with E-state index in [9.17, 15) is 4.79 Å². The molecule has 0 radical (unpaired) electrons. The summed E-state index contributed by atoms with van der Waals surface area (Å²) in [5.41, 5.74) is 0.740. The van der Waals surface area contributed by atoms with E-state index in [0.29, 0.717) is 0 Å². The van der Waals surface area contributed by atoms with Crippen molar-refractivity contribution in [1.82, 2.24) is 0 Å². The molecule has 1 rings (SSSR count). The van der Waals surface area contributed by atoms with Gasteiger partial charge in [0.25, 0.3) is 0 Å². The minimum atomic E-state index is -0.329. The van der Waals surface area contributed by atoms with Crippen molar-refractivity contribution in [3.63, 3.8) is 0 Å². The molecule has 1 aromatic rings. The fraction of sp³-hybridized carbons (Fsp3) is 0.375. The van der Waals surface area contributed by atoms with Crippen LogP contribution >= 0.6 is 11.3 Å². The molecule has 11 heavy (non-hydrogen) atoms. The summed E-state index contributed by atoms with van der Waals surface area (Å²) in [7, 11) is 1.54. The smallest absolute Gasteiger partial charge is 0.192 e. The average Bonchev–Trinajstić information content (AvgIpc) is 2.53. The zero-order valence-corrected chi connectivity index (χ0v) is 7.35. The molecule has 0 amide bonds. The minimum Gasteiger partial charge on any atom is -0.374 e. The Morgan fingerprint density at radius 3 is 2.91 bits per heavy atom. The summed E-state index contributed by atoms with van der Waals surface area (Å²) >= 11 is 1.52. The first-order valence-corrected chi connectivity index (χ1v) is 4.29. The Morgan fingerprint density at radius 1 is 1.73 bits per heavy atom. The van der Waals surface area contributed by atoms with E-state index in [1.165, 1.54) is 18.4 Å². The van der Waals surface area contributed by atoms with E-state index in [2.05, 4.69) is 0 Å². The molecule has 0 aliphatic carbocycles. The van der Waals surface area contributed by atoms with Crippen LogP contribution in [0.2, 0.25) is 0 Å². The normalized spacial score (nSPS) is 12.9. The molecule has 0 spiro atoms. The van der Waals surface area contributed by atoms with Crippen molar-refractivity contribution in [3.05, 3.63) is 22.4 Å². The van der Waals surface area contributed by atoms with Crippen molar-refractivity contribution < 1.29 is 9.53 Å². The Kier molecular flexibility index (Phi) is 2.79. The molecule has 1 heterocycles. The third-order valence-electron chi connectivity index (χ3n) is 1.53. The number of thiophene rings is 1. The van der Waals surface area contributed by atoms with Crippen molar-refractivity contribution in [2.75, 3.05) is 7.11 Å². The molecule has 0 bridgehead atoms. The number of rotatable bonds is 3. The predicted molar refractivity (Wildman–Crippen MR) is 45.1 cm³/mol. The molecule has 0 saturated carbocycles. The molecular formula is C8H10O2S. The summed E-state index contributed by atoms with van der Waals surface area (Å²) in [5.74, 6) is 0.0498. The van der Waals surface area contributed by atoms with E-state index in [1.54, 1.807) is 6.92 Å². The number of methoxy groups -OCH3 is 1. The molecule has 60 valence electrons. The topological polar surface area (TPSA) is 26.3 Å². The lowest BCUT2D eigenvalue weighted by Crippen LogP contribution is -2.18. The van der Waals surface area contributed by atoms with Crippen molar-refractivity contribution in [2.45, 2.75) is 13.0 Å². The Labute approximate surface area is 69.8 Å². The molecule has 0 fully saturated rings. The first kappa shape index (κ1) is 8.43. The monoisotopic (exact) mass is 170 g/mol. The molecule has 0 aromatic carbocycles. The van der Waals surface area contributed by atoms with Gasteiger partial charge in [-0.05, 0) is 18.4 Å². The van der Waals surface area contributed by atoms with Crippen LogP contribution in [-0.4, -0.2) is 19.0 Å². The van der Waals surface area contributed by atoms with Crippen LogP contribution in [0.5, 0.6) is 0 Å². The highest BCUT2D eigenvalue weighted by atomic mass is 32.1. The Morgan fingerprint density at radius 2 is 2.45 bits per heavy atom. The first-order valence-electron chi connectivity index (χ1n) is 3.35. The van der Waals surface area contributed by atoms with Crippen molar-refractivity contribution >= 4 is 17.1 Å². The van der Waals surface area contributed by atoms with Crippen LogP contribution < -0.4 is 0 Å². The van der Waals surface area contributed by atoms with Crippen molar-refractivity contribution in [1.29, 1.82) is 0 Å². The zero-order valence-electron chi connectivity index (χ0n) is 6.53. The molecule has 0 aliphatic rings. The summed E-state index contributed by atoms with van der Waals surface area (Å²) in [6.45, 7) is 1.75. The van der Waals surface area contributed by atoms with Gasteiger partial charge < -0.3 is 4.74 Å². The summed E-state index contributed by atoms with van der Waals surface area (Å²) < 4.78 is 4.89. The van der Waals surface area contributed by atoms with Gasteiger partial charge in [0.15, 0.2) is 5.78 Å². The van der Waals surface area contributed by atoms with Crippen LogP contribution in [0.3, 0.4) is 0 Å². The van der Waals surface area contributed by atoms with E-state index >= 15 is 0 Å². The van der Waals surface area contributed by atoms with E-state index in [4.69, 9.17) is 4.74 Å². The second-order valence-corrected chi connectivity index (χ2v) is 3.03. The van der Waals surface area contributed by atoms with Crippen LogP contribution in [0.4, 0.5) is 0 Å². The number of ketones is 1. The van der Waals surface area contributed by atoms with Crippen LogP contribution in [0.15, 0.2) is 16.8 Å². The summed E-state index contributed by atoms with van der Waals surface area (Å²) in [6.07, 6.45) is -0.329. The maximum absolute atomic E-state index is 11.3. The van der Waals surface area contributed by atoms with Gasteiger partial charge in [-0.2, -0.15) is 11.3 Å². The number of Topliss-reactive ketones (excluding diaryl/α,β-unsaturated/α-hetero) is 1. The highest BCUT2D eigenvalue weighted by Crippen LogP contribution is 2.09. The molecule has 3 heteroatoms. The van der Waals surface area contributed by atoms with Crippen LogP contribution in [-0.2, 0) is 4.74 Å². The number of carbonyl (C=O) groups excluding carboxylic acids is 1. The third kappa shape index (κ3) is 1.88. The minimum absolute atomic E-state index is 0.0498. The van der Waals surface area contributed by atoms with Crippen LogP contribution in [0.25, 0.3) is 0 Å². The van der Waals surface area contributed by atoms with Crippen molar-refractivity contribution in [3.8, 4) is 0 Å². The summed E-state index contributed by atoms with van der Waals surface area (Å²) in [6, 6.07) is 1.81. The van der Waals surface area contributed by atoms with Gasteiger partial charge in [0, 0.05) is 18.1 Å². The third-order valence-corrected chi connectivity index (χ3v) is 2.21. The summed E-state index contributed by atoms with van der Waals surface area (Å²) in [4.78, 5) is 11.3. The first-order chi connectivity index (χ1) is 5.25. The lowest BCUT2D eigenvalue weighted by Gasteiger charge is -2.05. The molecule has 2 nitrogen and oxygen atoms in total. The maximum atomic E-state index is 11.3. The van der Waals surface area contributed by atoms with Gasteiger partial charge in [-0.1, -0.05) is 0 Å². The van der Waals surface area contributed by atoms with Gasteiger partial charge in [-0.15, -0.1) is 0 Å². The standard InChI is InChI=1S/C8H10O2S/c1-6(10-2)8(9)7-3-4-11-5-7/h3-6H,1-2H3. The molecule has 0 N–H and O–H groups in total. The molecule has 1 atom stereocenters. The highest BCUT2D eigenvalue weighted by molar-refractivity contribution is 7.08. The second kappa shape index (κ2) is 3.64. The van der Waals surface area contributed by atoms with E-state index in [-0.39, 0.29) is 11.9 Å². The lowest BCUT2D eigenvalue weighted by atomic mass is 10.1. The fourth-order valence-electron chi connectivity index (χ4n) is 0.746. The second-order valence-electron chi connectivity index (χ2n) is 2.25. The number of hydrogen-bond donors (Lipinski definition) is 0. The lowest BCUT2D eigenvalue weighted by molar-refractivity contribution is 0.0656. The Bertz CT molecular complexity index is 228. The van der Waals surface area contributed by atoms with Crippen LogP contribution in [0.1, 0.15) is 17.3 Å². The van der Waals surface area contributed by atoms with Gasteiger partial charge >= 0.3 is 0 Å². The highest BCUT2D eigenvalue weighted by Gasteiger charge is 2.13. The van der Waals surface area contributed by atoms with Crippen molar-refractivity contribution in [2.24, 2.45) is 0 Å². The number of hydrogen-bond acceptors (Lipinski definition) is 3. The van der Waals surface area contributed by atoms with E-state index < -0.39 is 0 Å². The average molecular weight is 170 g/mol. The zero-order chi connectivity index (χ0) is 8.27. The van der Waals surface area contributed by atoms with Gasteiger partial charge in [-0.3, -0.25) is 4.79 Å². The largest absolute Gasteiger partial charge is 0.374 e. The van der Waals surface area contributed by atoms with Gasteiger partial charge in [0.2, 0.25) is 0 Å². The van der Waals surface area contributed by atoms with Gasteiger partial charge in [-0.25, -0.2) is 0 Å². The van der Waals surface area contributed by atoms with Gasteiger partial charge in [0.1, 0.15) is 6.10 Å². The SMILES string of the molecule is COC(C)C(=O)c1ccsc1. The van der Waals surface area contributed by atoms with E-state index in [0.717, 1.165) is 5.56 Å². The molecule has 1 unspecified atom stereocenters. The quantitative estimate of drug-likeness (QED) is 0.648. The predicted octanol–water partition coefficient (Wildman–Crippen LogP) is 1.97. The molecule has 0 aliphatic heterocycles. The summed E-state index contributed by atoms with van der Waals surface area (Å²) in [5, 5.41) is 3.72. The molecule has 0 saturated heterocycles. The Hall–Kier alpha value is -0.670. The maximum Gasteiger partial charge on any atom is 0.192 e. The molecular weight excluding hydrogens is 160 g/mol. The van der Waals surface area contributed by atoms with E-state index in [1.807, 2.05) is 16.8 Å². The molecule has 1 aromatic heterocycles. The Balaban J connectivity index is 2.70.